The van der Waals surface area contributed by atoms with Crippen molar-refractivity contribution in [1.82, 2.24) is 20.4 Å². The Morgan fingerprint density at radius 3 is 1.94 bits per heavy atom. The van der Waals surface area contributed by atoms with Crippen molar-refractivity contribution >= 4 is 11.8 Å². The van der Waals surface area contributed by atoms with Gasteiger partial charge in [-0.05, 0) is 75.1 Å². The van der Waals surface area contributed by atoms with Crippen molar-refractivity contribution in [3.63, 3.8) is 0 Å². The lowest BCUT2D eigenvalue weighted by Gasteiger charge is -2.38. The van der Waals surface area contributed by atoms with Crippen LogP contribution < -0.4 is 20.1 Å². The van der Waals surface area contributed by atoms with Crippen LogP contribution in [0, 0.1) is 29.5 Å². The number of hydrogen-bond acceptors (Lipinski definition) is 6. The summed E-state index contributed by atoms with van der Waals surface area (Å²) >= 11 is 0. The number of nitrogens with one attached hydrogen (secondary N) is 2. The van der Waals surface area contributed by atoms with Crippen LogP contribution >= 0.6 is 0 Å². The van der Waals surface area contributed by atoms with Crippen molar-refractivity contribution in [3.8, 4) is 11.5 Å². The molecular formula is C40H61FN4O4. The number of benzene rings is 2. The van der Waals surface area contributed by atoms with Gasteiger partial charge >= 0.3 is 0 Å². The van der Waals surface area contributed by atoms with E-state index >= 15 is 0 Å². The summed E-state index contributed by atoms with van der Waals surface area (Å²) in [7, 11) is 0. The van der Waals surface area contributed by atoms with Crippen LogP contribution in [0.2, 0.25) is 0 Å². The van der Waals surface area contributed by atoms with E-state index in [9.17, 15) is 14.0 Å². The molecule has 2 heterocycles. The van der Waals surface area contributed by atoms with Crippen molar-refractivity contribution in [2.75, 3.05) is 39.4 Å². The maximum absolute atomic E-state index is 14.6. The minimum Gasteiger partial charge on any atom is -0.494 e. The highest BCUT2D eigenvalue weighted by Gasteiger charge is 2.34. The summed E-state index contributed by atoms with van der Waals surface area (Å²) in [6.07, 6.45) is 5.99. The van der Waals surface area contributed by atoms with E-state index in [1.807, 2.05) is 25.1 Å². The summed E-state index contributed by atoms with van der Waals surface area (Å²) in [5, 5.41) is 6.27. The molecule has 272 valence electrons. The van der Waals surface area contributed by atoms with Gasteiger partial charge in [-0.25, -0.2) is 4.39 Å². The fourth-order valence-corrected chi connectivity index (χ4v) is 6.27. The van der Waals surface area contributed by atoms with Crippen LogP contribution in [0.4, 0.5) is 4.39 Å². The third-order valence-corrected chi connectivity index (χ3v) is 9.97. The third kappa shape index (κ3) is 12.9. The molecule has 2 aliphatic heterocycles. The Kier molecular flexibility index (Phi) is 15.2. The molecule has 2 fully saturated rings. The fourth-order valence-electron chi connectivity index (χ4n) is 6.27. The molecule has 2 aromatic rings. The van der Waals surface area contributed by atoms with Gasteiger partial charge in [-0.15, -0.1) is 0 Å². The zero-order valence-electron chi connectivity index (χ0n) is 30.8. The lowest BCUT2D eigenvalue weighted by Crippen LogP contribution is -2.54. The minimum absolute atomic E-state index is 0.0371. The fraction of sp³-hybridized carbons (Fsp3) is 0.650. The SMILES string of the molecule is CC[C@@H](C)NC(=O)C1CN(Cc2ccc(OCCC(C)CCC[C@@H](C)NC(=O)C3CN(Cc4ccc(OCCC(C)C)cc4F)C3)cc2)C1. The van der Waals surface area contributed by atoms with Gasteiger partial charge in [0, 0.05) is 63.0 Å². The van der Waals surface area contributed by atoms with E-state index < -0.39 is 0 Å². The van der Waals surface area contributed by atoms with Gasteiger partial charge in [-0.1, -0.05) is 58.7 Å². The summed E-state index contributed by atoms with van der Waals surface area (Å²) < 4.78 is 26.3. The quantitative estimate of drug-likeness (QED) is 0.151. The highest BCUT2D eigenvalue weighted by atomic mass is 19.1. The smallest absolute Gasteiger partial charge is 0.225 e. The van der Waals surface area contributed by atoms with Crippen LogP contribution in [-0.2, 0) is 22.7 Å². The molecule has 0 aromatic heterocycles. The molecule has 0 bridgehead atoms. The molecule has 2 saturated heterocycles. The number of ether oxygens (including phenoxy) is 2. The molecule has 2 aliphatic rings. The Balaban J connectivity index is 1.02. The van der Waals surface area contributed by atoms with E-state index in [-0.39, 0.29) is 41.6 Å². The summed E-state index contributed by atoms with van der Waals surface area (Å²) in [4.78, 5) is 29.5. The monoisotopic (exact) mass is 680 g/mol. The Bertz CT molecular complexity index is 1310. The number of carbonyl (C=O) groups excluding carboxylic acids is 2. The van der Waals surface area contributed by atoms with Crippen molar-refractivity contribution in [2.24, 2.45) is 23.7 Å². The van der Waals surface area contributed by atoms with E-state index in [2.05, 4.69) is 67.2 Å². The highest BCUT2D eigenvalue weighted by Crippen LogP contribution is 2.24. The van der Waals surface area contributed by atoms with E-state index in [0.29, 0.717) is 56.0 Å². The van der Waals surface area contributed by atoms with Crippen LogP contribution in [0.5, 0.6) is 11.5 Å². The topological polar surface area (TPSA) is 83.1 Å². The molecule has 2 amide bonds. The summed E-state index contributed by atoms with van der Waals surface area (Å²) in [6, 6.07) is 13.8. The lowest BCUT2D eigenvalue weighted by molar-refractivity contribution is -0.131. The molecule has 0 aliphatic carbocycles. The van der Waals surface area contributed by atoms with Gasteiger partial charge in [0.1, 0.15) is 17.3 Å². The second-order valence-corrected chi connectivity index (χ2v) is 15.1. The van der Waals surface area contributed by atoms with Gasteiger partial charge in [0.25, 0.3) is 0 Å². The first kappa shape index (κ1) is 38.6. The maximum atomic E-state index is 14.6. The number of halogens is 1. The summed E-state index contributed by atoms with van der Waals surface area (Å²) in [5.41, 5.74) is 1.87. The maximum Gasteiger partial charge on any atom is 0.225 e. The van der Waals surface area contributed by atoms with Crippen LogP contribution in [-0.4, -0.2) is 73.1 Å². The van der Waals surface area contributed by atoms with Gasteiger partial charge in [0.15, 0.2) is 0 Å². The molecule has 49 heavy (non-hydrogen) atoms. The zero-order chi connectivity index (χ0) is 35.3. The van der Waals surface area contributed by atoms with Crippen molar-refractivity contribution in [3.05, 3.63) is 59.4 Å². The molecular weight excluding hydrogens is 619 g/mol. The molecule has 0 saturated carbocycles. The second kappa shape index (κ2) is 19.3. The molecule has 0 radical (unpaired) electrons. The average Bonchev–Trinajstić information content (AvgIpc) is 3.01. The van der Waals surface area contributed by atoms with Crippen molar-refractivity contribution in [1.29, 1.82) is 0 Å². The van der Waals surface area contributed by atoms with E-state index in [1.165, 1.54) is 11.6 Å². The molecule has 8 nitrogen and oxygen atoms in total. The molecule has 0 spiro atoms. The summed E-state index contributed by atoms with van der Waals surface area (Å²) in [5.74, 6) is 2.65. The molecule has 2 aromatic carbocycles. The predicted octanol–water partition coefficient (Wildman–Crippen LogP) is 6.81. The van der Waals surface area contributed by atoms with Gasteiger partial charge in [-0.2, -0.15) is 0 Å². The van der Waals surface area contributed by atoms with E-state index in [4.69, 9.17) is 9.47 Å². The van der Waals surface area contributed by atoms with Crippen molar-refractivity contribution < 1.29 is 23.5 Å². The average molecular weight is 681 g/mol. The Labute approximate surface area is 294 Å². The first-order chi connectivity index (χ1) is 23.5. The second-order valence-electron chi connectivity index (χ2n) is 15.1. The molecule has 9 heteroatoms. The number of hydrogen-bond donors (Lipinski definition) is 2. The van der Waals surface area contributed by atoms with Gasteiger partial charge in [-0.3, -0.25) is 19.4 Å². The van der Waals surface area contributed by atoms with Gasteiger partial charge in [0.2, 0.25) is 11.8 Å². The third-order valence-electron chi connectivity index (χ3n) is 9.97. The van der Waals surface area contributed by atoms with Gasteiger partial charge < -0.3 is 20.1 Å². The van der Waals surface area contributed by atoms with Crippen LogP contribution in [0.25, 0.3) is 0 Å². The number of amides is 2. The van der Waals surface area contributed by atoms with Gasteiger partial charge in [0.05, 0.1) is 25.0 Å². The van der Waals surface area contributed by atoms with Crippen LogP contribution in [0.3, 0.4) is 0 Å². The first-order valence-corrected chi connectivity index (χ1v) is 18.7. The standard InChI is InChI=1S/C40H61FN4O4/c1-7-30(5)42-39(46)34-24-44(25-34)22-32-11-14-36(15-12-32)48-20-18-29(4)9-8-10-31(6)43-40(47)35-26-45(27-35)23-33-13-16-37(21-38(33)41)49-19-17-28(2)3/h11-16,21,28-31,34-35H,7-10,17-20,22-27H2,1-6H3,(H,42,46)(H,43,47)/t29?,30-,31-/m1/s1. The number of carbonyl (C=O) groups is 2. The Morgan fingerprint density at radius 1 is 0.755 bits per heavy atom. The number of likely N-dealkylation sites (tertiary alicyclic amines) is 2. The van der Waals surface area contributed by atoms with E-state index in [1.54, 1.807) is 6.07 Å². The predicted molar refractivity (Wildman–Crippen MR) is 194 cm³/mol. The van der Waals surface area contributed by atoms with Crippen LogP contribution in [0.1, 0.15) is 91.2 Å². The highest BCUT2D eigenvalue weighted by molar-refractivity contribution is 5.80. The molecule has 1 unspecified atom stereocenters. The molecule has 3 atom stereocenters. The first-order valence-electron chi connectivity index (χ1n) is 18.7. The normalized spacial score (nSPS) is 17.6. The number of nitrogens with zero attached hydrogens (tertiary/aromatic N) is 2. The Morgan fingerprint density at radius 2 is 1.33 bits per heavy atom. The molecule has 4 rings (SSSR count). The van der Waals surface area contributed by atoms with Crippen LogP contribution in [0.15, 0.2) is 42.5 Å². The lowest BCUT2D eigenvalue weighted by atomic mass is 9.96. The van der Waals surface area contributed by atoms with E-state index in [0.717, 1.165) is 63.9 Å². The molecule has 2 N–H and O–H groups in total. The number of rotatable bonds is 21. The van der Waals surface area contributed by atoms with Crippen molar-refractivity contribution in [2.45, 2.75) is 105 Å². The zero-order valence-corrected chi connectivity index (χ0v) is 30.8. The minimum atomic E-state index is -0.253. The summed E-state index contributed by atoms with van der Waals surface area (Å²) in [6.45, 7) is 18.3. The largest absolute Gasteiger partial charge is 0.494 e. The Hall–Kier alpha value is -3.17.